The third kappa shape index (κ3) is 4.63. The number of amides is 1. The van der Waals surface area contributed by atoms with Gasteiger partial charge in [0.2, 0.25) is 6.41 Å². The number of hydrogen-bond acceptors (Lipinski definition) is 5. The van der Waals surface area contributed by atoms with Crippen LogP contribution in [0, 0.1) is 0 Å². The third-order valence-electron chi connectivity index (χ3n) is 6.47. The van der Waals surface area contributed by atoms with Crippen molar-refractivity contribution in [2.75, 3.05) is 12.8 Å². The molecule has 1 aromatic heterocycles. The summed E-state index contributed by atoms with van der Waals surface area (Å²) < 4.78 is 32.3. The highest BCUT2D eigenvalue weighted by atomic mass is 32.2. The number of sulfone groups is 1. The van der Waals surface area contributed by atoms with Crippen molar-refractivity contribution >= 4 is 27.2 Å². The predicted molar refractivity (Wildman–Crippen MR) is 124 cm³/mol. The van der Waals surface area contributed by atoms with Gasteiger partial charge in [-0.05, 0) is 49.2 Å². The Morgan fingerprint density at radius 3 is 2.47 bits per heavy atom. The largest absolute Gasteiger partial charge is 0.489 e. The molecule has 0 spiro atoms. The molecular weight excluding hydrogens is 424 g/mol. The lowest BCUT2D eigenvalue weighted by molar-refractivity contribution is -0.122. The van der Waals surface area contributed by atoms with E-state index in [1.54, 1.807) is 42.4 Å². The van der Waals surface area contributed by atoms with Gasteiger partial charge in [-0.3, -0.25) is 9.78 Å². The molecule has 1 fully saturated rings. The number of rotatable bonds is 8. The Morgan fingerprint density at radius 1 is 1.03 bits per heavy atom. The van der Waals surface area contributed by atoms with Crippen molar-refractivity contribution in [3.05, 3.63) is 66.4 Å². The highest BCUT2D eigenvalue weighted by molar-refractivity contribution is 7.91. The van der Waals surface area contributed by atoms with E-state index in [1.807, 2.05) is 30.3 Å². The van der Waals surface area contributed by atoms with Crippen LogP contribution in [0.3, 0.4) is 0 Å². The first kappa shape index (κ1) is 22.3. The van der Waals surface area contributed by atoms with E-state index in [2.05, 4.69) is 4.98 Å². The van der Waals surface area contributed by atoms with E-state index in [0.717, 1.165) is 42.1 Å². The summed E-state index contributed by atoms with van der Waals surface area (Å²) in [5.74, 6) is 0.542. The molecule has 0 aliphatic heterocycles. The molecular formula is C25H28N2O4S. The molecule has 0 N–H and O–H groups in total. The fourth-order valence-electron chi connectivity index (χ4n) is 4.54. The average Bonchev–Trinajstić information content (AvgIpc) is 2.82. The second-order valence-corrected chi connectivity index (χ2v) is 10.5. The second-order valence-electron chi connectivity index (χ2n) is 8.51. The highest BCUT2D eigenvalue weighted by Gasteiger charge is 2.40. The molecule has 1 saturated carbocycles. The zero-order valence-corrected chi connectivity index (χ0v) is 19.1. The molecule has 1 amide bonds. The lowest BCUT2D eigenvalue weighted by Gasteiger charge is -2.42. The van der Waals surface area contributed by atoms with Gasteiger partial charge >= 0.3 is 0 Å². The fraction of sp³-hybridized carbons (Fsp3) is 0.360. The minimum absolute atomic E-state index is 0.0571. The maximum atomic E-state index is 13.2. The summed E-state index contributed by atoms with van der Waals surface area (Å²) in [6.07, 6.45) is 6.88. The topological polar surface area (TPSA) is 76.6 Å². The maximum Gasteiger partial charge on any atom is 0.209 e. The zero-order valence-electron chi connectivity index (χ0n) is 18.2. The highest BCUT2D eigenvalue weighted by Crippen LogP contribution is 2.35. The Morgan fingerprint density at radius 2 is 1.75 bits per heavy atom. The molecule has 0 unspecified atom stereocenters. The van der Waals surface area contributed by atoms with Crippen LogP contribution in [0.2, 0.25) is 0 Å². The summed E-state index contributed by atoms with van der Waals surface area (Å²) in [6.45, 7) is 0.363. The summed E-state index contributed by atoms with van der Waals surface area (Å²) >= 11 is 0. The molecule has 0 saturated heterocycles. The second kappa shape index (κ2) is 9.28. The van der Waals surface area contributed by atoms with E-state index in [9.17, 15) is 13.2 Å². The van der Waals surface area contributed by atoms with Gasteiger partial charge in [0.05, 0.1) is 21.7 Å². The lowest BCUT2D eigenvalue weighted by atomic mass is 9.82. The molecule has 1 aliphatic carbocycles. The first-order valence-corrected chi connectivity index (χ1v) is 12.6. The van der Waals surface area contributed by atoms with Crippen molar-refractivity contribution in [2.24, 2.45) is 0 Å². The summed E-state index contributed by atoms with van der Waals surface area (Å²) in [5, 5.41) is 1.03. The minimum atomic E-state index is -3.55. The molecule has 0 atom stereocenters. The lowest BCUT2D eigenvalue weighted by Crippen LogP contribution is -2.52. The third-order valence-corrected chi connectivity index (χ3v) is 8.37. The Bertz CT molecular complexity index is 1180. The molecule has 3 aromatic rings. The van der Waals surface area contributed by atoms with Gasteiger partial charge in [-0.1, -0.05) is 37.5 Å². The van der Waals surface area contributed by atoms with Crippen LogP contribution in [0.1, 0.15) is 37.7 Å². The van der Waals surface area contributed by atoms with Gasteiger partial charge in [0.25, 0.3) is 0 Å². The predicted octanol–water partition coefficient (Wildman–Crippen LogP) is 4.38. The van der Waals surface area contributed by atoms with Crippen molar-refractivity contribution in [3.8, 4) is 5.75 Å². The van der Waals surface area contributed by atoms with Crippen molar-refractivity contribution in [1.29, 1.82) is 0 Å². The standard InChI is InChI=1S/C25H28N2O4S/c1-27(19-28)25(14-5-2-6-15-25)18-32(29,30)22-11-9-21(10-12-22)31-17-20-13-16-26-24-8-4-3-7-23(20)24/h3-4,7-13,16,19H,2,5-6,14-15,17-18H2,1H3. The maximum absolute atomic E-state index is 13.2. The summed E-state index contributed by atoms with van der Waals surface area (Å²) in [7, 11) is -1.86. The van der Waals surface area contributed by atoms with E-state index < -0.39 is 15.4 Å². The monoisotopic (exact) mass is 452 g/mol. The Hall–Kier alpha value is -2.93. The van der Waals surface area contributed by atoms with Gasteiger partial charge in [0.15, 0.2) is 9.84 Å². The van der Waals surface area contributed by atoms with E-state index in [-0.39, 0.29) is 10.6 Å². The van der Waals surface area contributed by atoms with Crippen LogP contribution in [0.4, 0.5) is 0 Å². The normalized spacial score (nSPS) is 15.9. The Balaban J connectivity index is 1.48. The molecule has 168 valence electrons. The molecule has 32 heavy (non-hydrogen) atoms. The van der Waals surface area contributed by atoms with Crippen LogP contribution in [-0.4, -0.2) is 43.1 Å². The minimum Gasteiger partial charge on any atom is -0.489 e. The Labute approximate surface area is 189 Å². The van der Waals surface area contributed by atoms with Gasteiger partial charge in [-0.25, -0.2) is 8.42 Å². The number of para-hydroxylation sites is 1. The van der Waals surface area contributed by atoms with Crippen LogP contribution < -0.4 is 4.74 Å². The van der Waals surface area contributed by atoms with Crippen LogP contribution in [0.25, 0.3) is 10.9 Å². The van der Waals surface area contributed by atoms with Gasteiger partial charge in [-0.2, -0.15) is 0 Å². The molecule has 7 heteroatoms. The molecule has 0 bridgehead atoms. The molecule has 2 aromatic carbocycles. The van der Waals surface area contributed by atoms with Crippen LogP contribution in [-0.2, 0) is 21.2 Å². The molecule has 4 rings (SSSR count). The zero-order chi connectivity index (χ0) is 22.6. The Kier molecular flexibility index (Phi) is 6.46. The number of carbonyl (C=O) groups excluding carboxylic acids is 1. The summed E-state index contributed by atoms with van der Waals surface area (Å²) in [6, 6.07) is 16.4. The first-order valence-electron chi connectivity index (χ1n) is 10.9. The molecule has 1 aliphatic rings. The number of carbonyl (C=O) groups is 1. The van der Waals surface area contributed by atoms with Gasteiger partial charge in [-0.15, -0.1) is 0 Å². The molecule has 6 nitrogen and oxygen atoms in total. The number of fused-ring (bicyclic) bond motifs is 1. The van der Waals surface area contributed by atoms with E-state index >= 15 is 0 Å². The van der Waals surface area contributed by atoms with Crippen molar-refractivity contribution in [2.45, 2.75) is 49.1 Å². The molecule has 0 radical (unpaired) electrons. The van der Waals surface area contributed by atoms with Gasteiger partial charge in [0.1, 0.15) is 12.4 Å². The number of benzene rings is 2. The van der Waals surface area contributed by atoms with Crippen molar-refractivity contribution in [3.63, 3.8) is 0 Å². The smallest absolute Gasteiger partial charge is 0.209 e. The van der Waals surface area contributed by atoms with E-state index in [1.165, 1.54) is 0 Å². The SMILES string of the molecule is CN(C=O)C1(CS(=O)(=O)c2ccc(OCc3ccnc4ccccc34)cc2)CCCCC1. The first-order chi connectivity index (χ1) is 15.4. The number of pyridine rings is 1. The number of nitrogens with zero attached hydrogens (tertiary/aromatic N) is 2. The number of hydrogen-bond donors (Lipinski definition) is 0. The van der Waals surface area contributed by atoms with Crippen molar-refractivity contribution < 1.29 is 17.9 Å². The number of aromatic nitrogens is 1. The number of ether oxygens (including phenoxy) is 1. The van der Waals surface area contributed by atoms with E-state index in [4.69, 9.17) is 4.74 Å². The average molecular weight is 453 g/mol. The quantitative estimate of drug-likeness (QED) is 0.474. The van der Waals surface area contributed by atoms with Crippen LogP contribution in [0.5, 0.6) is 5.75 Å². The molecule has 1 heterocycles. The van der Waals surface area contributed by atoms with Crippen LogP contribution >= 0.6 is 0 Å². The summed E-state index contributed by atoms with van der Waals surface area (Å²) in [5.41, 5.74) is 1.30. The van der Waals surface area contributed by atoms with Crippen LogP contribution in [0.15, 0.2) is 65.7 Å². The van der Waals surface area contributed by atoms with Crippen molar-refractivity contribution in [1.82, 2.24) is 9.88 Å². The fourth-order valence-corrected chi connectivity index (χ4v) is 6.46. The summed E-state index contributed by atoms with van der Waals surface area (Å²) in [4.78, 5) is 17.6. The van der Waals surface area contributed by atoms with Gasteiger partial charge < -0.3 is 9.64 Å². The van der Waals surface area contributed by atoms with Gasteiger partial charge in [0, 0.05) is 24.2 Å². The van der Waals surface area contributed by atoms with E-state index in [0.29, 0.717) is 25.2 Å².